The van der Waals surface area contributed by atoms with Crippen molar-refractivity contribution in [3.63, 3.8) is 0 Å². The summed E-state index contributed by atoms with van der Waals surface area (Å²) in [6, 6.07) is 9.15. The molecule has 1 aliphatic rings. The number of fused-ring (bicyclic) bond motifs is 2. The Morgan fingerprint density at radius 2 is 1.22 bits per heavy atom. The Labute approximate surface area is 138 Å². The van der Waals surface area contributed by atoms with Crippen molar-refractivity contribution in [2.75, 3.05) is 11.9 Å². The molecule has 0 bridgehead atoms. The van der Waals surface area contributed by atoms with Gasteiger partial charge in [0.25, 0.3) is 0 Å². The van der Waals surface area contributed by atoms with Gasteiger partial charge in [-0.1, -0.05) is 11.8 Å². The van der Waals surface area contributed by atoms with Crippen LogP contribution in [0, 0.1) is 0 Å². The summed E-state index contributed by atoms with van der Waals surface area (Å²) in [5.74, 6) is 0. The minimum atomic E-state index is -3.81. The van der Waals surface area contributed by atoms with Gasteiger partial charge < -0.3 is 4.90 Å². The van der Waals surface area contributed by atoms with Crippen molar-refractivity contribution in [1.29, 1.82) is 0 Å². The maximum atomic E-state index is 11.5. The van der Waals surface area contributed by atoms with Crippen LogP contribution in [0.3, 0.4) is 0 Å². The summed E-state index contributed by atoms with van der Waals surface area (Å²) in [6.45, 7) is 0. The van der Waals surface area contributed by atoms with Crippen molar-refractivity contribution in [2.45, 2.75) is 19.6 Å². The smallest absolute Gasteiger partial charge is 0.238 e. The molecule has 0 atom stereocenters. The van der Waals surface area contributed by atoms with E-state index in [4.69, 9.17) is 10.3 Å². The lowest BCUT2D eigenvalue weighted by atomic mass is 10.2. The molecule has 0 saturated heterocycles. The van der Waals surface area contributed by atoms with E-state index < -0.39 is 20.0 Å². The Kier molecular flexibility index (Phi) is 3.69. The lowest BCUT2D eigenvalue weighted by molar-refractivity contribution is 0.596. The van der Waals surface area contributed by atoms with Gasteiger partial charge in [0.15, 0.2) is 0 Å². The van der Waals surface area contributed by atoms with E-state index in [1.165, 1.54) is 36.0 Å². The summed E-state index contributed by atoms with van der Waals surface area (Å²) in [4.78, 5) is 3.18. The number of primary sulfonamides is 2. The molecule has 122 valence electrons. The van der Waals surface area contributed by atoms with Crippen LogP contribution in [0.15, 0.2) is 56.0 Å². The molecule has 0 radical (unpaired) electrons. The third kappa shape index (κ3) is 2.95. The number of hydrogen-bond acceptors (Lipinski definition) is 6. The zero-order chi connectivity index (χ0) is 17.0. The lowest BCUT2D eigenvalue weighted by Gasteiger charge is -2.29. The molecule has 10 heteroatoms. The monoisotopic (exact) mass is 371 g/mol. The molecule has 0 aliphatic carbocycles. The van der Waals surface area contributed by atoms with Gasteiger partial charge in [0.05, 0.1) is 21.2 Å². The largest absolute Gasteiger partial charge is 0.343 e. The number of nitrogens with zero attached hydrogens (tertiary/aromatic N) is 1. The van der Waals surface area contributed by atoms with Crippen molar-refractivity contribution in [3.8, 4) is 0 Å². The quantitative estimate of drug-likeness (QED) is 0.818. The first-order chi connectivity index (χ1) is 10.6. The van der Waals surface area contributed by atoms with Crippen molar-refractivity contribution in [1.82, 2.24) is 0 Å². The maximum Gasteiger partial charge on any atom is 0.238 e. The Bertz CT molecular complexity index is 935. The molecule has 0 saturated carbocycles. The van der Waals surface area contributed by atoms with Crippen LogP contribution in [0.2, 0.25) is 0 Å². The third-order valence-corrected chi connectivity index (χ3v) is 6.38. The summed E-state index contributed by atoms with van der Waals surface area (Å²) in [6.07, 6.45) is 0. The Hall–Kier alpha value is -1.59. The molecular formula is C13H13N3O4S3. The fourth-order valence-electron chi connectivity index (χ4n) is 2.31. The van der Waals surface area contributed by atoms with E-state index in [0.717, 1.165) is 11.4 Å². The highest BCUT2D eigenvalue weighted by Gasteiger charge is 2.24. The molecular weight excluding hydrogens is 358 g/mol. The number of nitrogens with two attached hydrogens (primary N) is 2. The average molecular weight is 371 g/mol. The van der Waals surface area contributed by atoms with E-state index in [1.54, 1.807) is 12.1 Å². The molecule has 3 rings (SSSR count). The molecule has 0 unspecified atom stereocenters. The summed E-state index contributed by atoms with van der Waals surface area (Å²) >= 11 is 1.27. The second-order valence-corrected chi connectivity index (χ2v) is 9.22. The summed E-state index contributed by atoms with van der Waals surface area (Å²) in [7, 11) is -5.81. The molecule has 2 aromatic carbocycles. The van der Waals surface area contributed by atoms with E-state index in [2.05, 4.69) is 0 Å². The van der Waals surface area contributed by atoms with Crippen LogP contribution < -0.4 is 15.2 Å². The highest BCUT2D eigenvalue weighted by Crippen LogP contribution is 2.48. The van der Waals surface area contributed by atoms with Gasteiger partial charge in [-0.3, -0.25) is 0 Å². The predicted molar refractivity (Wildman–Crippen MR) is 87.8 cm³/mol. The minimum Gasteiger partial charge on any atom is -0.343 e. The van der Waals surface area contributed by atoms with E-state index >= 15 is 0 Å². The highest BCUT2D eigenvalue weighted by molar-refractivity contribution is 7.99. The van der Waals surface area contributed by atoms with Crippen LogP contribution in [0.4, 0.5) is 11.4 Å². The van der Waals surface area contributed by atoms with Crippen LogP contribution >= 0.6 is 11.8 Å². The average Bonchev–Trinajstić information content (AvgIpc) is 2.44. The zero-order valence-corrected chi connectivity index (χ0v) is 14.4. The van der Waals surface area contributed by atoms with Gasteiger partial charge in [-0.15, -0.1) is 0 Å². The normalized spacial score (nSPS) is 14.3. The maximum absolute atomic E-state index is 11.5. The molecule has 2 aromatic rings. The number of rotatable bonds is 2. The fraction of sp³-hybridized carbons (Fsp3) is 0.0769. The van der Waals surface area contributed by atoms with Gasteiger partial charge in [-0.25, -0.2) is 27.1 Å². The first-order valence-corrected chi connectivity index (χ1v) is 10.2. The second-order valence-electron chi connectivity index (χ2n) is 5.01. The van der Waals surface area contributed by atoms with Gasteiger partial charge >= 0.3 is 0 Å². The summed E-state index contributed by atoms with van der Waals surface area (Å²) in [5.41, 5.74) is 1.61. The van der Waals surface area contributed by atoms with Crippen molar-refractivity contribution >= 4 is 43.2 Å². The highest BCUT2D eigenvalue weighted by atomic mass is 32.2. The molecule has 0 amide bonds. The molecule has 0 spiro atoms. The lowest BCUT2D eigenvalue weighted by Crippen LogP contribution is -2.18. The Morgan fingerprint density at radius 3 is 1.57 bits per heavy atom. The van der Waals surface area contributed by atoms with Crippen molar-refractivity contribution in [2.24, 2.45) is 10.3 Å². The van der Waals surface area contributed by atoms with Crippen LogP contribution in [-0.2, 0) is 20.0 Å². The SMILES string of the molecule is CN1c2ccc(S(N)(=O)=O)cc2Sc2cc(S(N)(=O)=O)ccc21. The minimum absolute atomic E-state index is 0.00296. The fourth-order valence-corrected chi connectivity index (χ4v) is 4.77. The number of anilines is 2. The van der Waals surface area contributed by atoms with E-state index in [9.17, 15) is 16.8 Å². The van der Waals surface area contributed by atoms with E-state index in [0.29, 0.717) is 9.79 Å². The first kappa shape index (κ1) is 16.3. The standard InChI is InChI=1S/C13H13N3O4S3/c1-16-10-4-2-8(22(14,17)18)6-12(10)21-13-7-9(23(15,19)20)3-5-11(13)16/h2-7H,1H3,(H2,14,17,18)(H2,15,19,20). The third-order valence-electron chi connectivity index (χ3n) is 3.46. The molecule has 1 aliphatic heterocycles. The molecule has 1 heterocycles. The van der Waals surface area contributed by atoms with Crippen molar-refractivity contribution in [3.05, 3.63) is 36.4 Å². The van der Waals surface area contributed by atoms with Gasteiger partial charge in [0, 0.05) is 16.8 Å². The van der Waals surface area contributed by atoms with Crippen LogP contribution in [0.25, 0.3) is 0 Å². The van der Waals surface area contributed by atoms with Gasteiger partial charge in [-0.05, 0) is 36.4 Å². The Balaban J connectivity index is 2.15. The van der Waals surface area contributed by atoms with Crippen molar-refractivity contribution < 1.29 is 16.8 Å². The number of benzene rings is 2. The van der Waals surface area contributed by atoms with E-state index in [1.807, 2.05) is 11.9 Å². The van der Waals surface area contributed by atoms with Gasteiger partial charge in [0.1, 0.15) is 0 Å². The summed E-state index contributed by atoms with van der Waals surface area (Å²) in [5, 5.41) is 10.3. The molecule has 0 fully saturated rings. The van der Waals surface area contributed by atoms with Crippen LogP contribution in [0.1, 0.15) is 0 Å². The topological polar surface area (TPSA) is 124 Å². The van der Waals surface area contributed by atoms with E-state index in [-0.39, 0.29) is 9.79 Å². The number of sulfonamides is 2. The zero-order valence-electron chi connectivity index (χ0n) is 11.9. The first-order valence-electron chi connectivity index (χ1n) is 6.33. The van der Waals surface area contributed by atoms with Crippen LogP contribution in [0.5, 0.6) is 0 Å². The molecule has 7 nitrogen and oxygen atoms in total. The Morgan fingerprint density at radius 1 is 0.826 bits per heavy atom. The van der Waals surface area contributed by atoms with Crippen LogP contribution in [-0.4, -0.2) is 23.9 Å². The predicted octanol–water partition coefficient (Wildman–Crippen LogP) is 1.21. The van der Waals surface area contributed by atoms with Gasteiger partial charge in [-0.2, -0.15) is 0 Å². The molecule has 4 N–H and O–H groups in total. The van der Waals surface area contributed by atoms with Gasteiger partial charge in [0.2, 0.25) is 20.0 Å². The number of hydrogen-bond donors (Lipinski definition) is 2. The molecule has 23 heavy (non-hydrogen) atoms. The molecule has 0 aromatic heterocycles. The second kappa shape index (κ2) is 5.21. The summed E-state index contributed by atoms with van der Waals surface area (Å²) < 4.78 is 46.0.